The first-order chi connectivity index (χ1) is 13.1. The summed E-state index contributed by atoms with van der Waals surface area (Å²) < 4.78 is 25.0. The summed E-state index contributed by atoms with van der Waals surface area (Å²) in [5, 5.41) is 4.44. The van der Waals surface area contributed by atoms with Crippen LogP contribution in [0.2, 0.25) is 0 Å². The number of methoxy groups -OCH3 is 2. The fourth-order valence-electron chi connectivity index (χ4n) is 2.93. The van der Waals surface area contributed by atoms with Crippen LogP contribution in [-0.2, 0) is 9.31 Å². The number of nitrogens with zero attached hydrogens (tertiary/aromatic N) is 3. The van der Waals surface area contributed by atoms with Crippen molar-refractivity contribution in [3.63, 3.8) is 0 Å². The van der Waals surface area contributed by atoms with E-state index in [1.165, 1.54) is 4.68 Å². The number of hydrogen-bond acceptors (Lipinski definition) is 7. The number of imidazole rings is 1. The molecule has 0 spiro atoms. The van der Waals surface area contributed by atoms with Gasteiger partial charge in [0.25, 0.3) is 0 Å². The van der Waals surface area contributed by atoms with Crippen LogP contribution in [0.15, 0.2) is 23.4 Å². The van der Waals surface area contributed by atoms with E-state index < -0.39 is 18.3 Å². The minimum absolute atomic E-state index is 0.304. The molecular weight excluding hydrogens is 359 g/mol. The zero-order valence-electron chi connectivity index (χ0n) is 17.4. The lowest BCUT2D eigenvalue weighted by Gasteiger charge is -2.32. The number of nitrogen functional groups attached to an aromatic ring is 1. The predicted molar refractivity (Wildman–Crippen MR) is 110 cm³/mol. The van der Waals surface area contributed by atoms with Crippen LogP contribution in [0, 0.1) is 6.92 Å². The van der Waals surface area contributed by atoms with E-state index in [9.17, 15) is 0 Å². The average Bonchev–Trinajstić information content (AvgIpc) is 3.05. The Morgan fingerprint density at radius 3 is 2.29 bits per heavy atom. The second kappa shape index (κ2) is 7.14. The molecule has 1 saturated heterocycles. The van der Waals surface area contributed by atoms with E-state index in [-0.39, 0.29) is 0 Å². The number of ether oxygens (including phenoxy) is 2. The monoisotopic (exact) mass is 386 g/mol. The van der Waals surface area contributed by atoms with Crippen LogP contribution >= 0.6 is 0 Å². The molecule has 8 nitrogen and oxygen atoms in total. The number of anilines is 1. The van der Waals surface area contributed by atoms with Gasteiger partial charge in [0.15, 0.2) is 0 Å². The van der Waals surface area contributed by atoms with Gasteiger partial charge in [0.1, 0.15) is 11.5 Å². The number of aryl methyl sites for hydroxylation is 1. The largest absolute Gasteiger partial charge is 0.497 e. The van der Waals surface area contributed by atoms with Gasteiger partial charge >= 0.3 is 7.12 Å². The first-order valence-electron chi connectivity index (χ1n) is 9.05. The van der Waals surface area contributed by atoms with E-state index in [4.69, 9.17) is 24.5 Å². The van der Waals surface area contributed by atoms with Crippen molar-refractivity contribution in [2.75, 3.05) is 20.0 Å². The summed E-state index contributed by atoms with van der Waals surface area (Å²) in [7, 11) is 2.60. The van der Waals surface area contributed by atoms with E-state index >= 15 is 0 Å². The average molecular weight is 386 g/mol. The molecule has 0 saturated carbocycles. The van der Waals surface area contributed by atoms with Gasteiger partial charge in [-0.15, -0.1) is 0 Å². The van der Waals surface area contributed by atoms with Crippen molar-refractivity contribution in [1.29, 1.82) is 0 Å². The van der Waals surface area contributed by atoms with Gasteiger partial charge in [-0.2, -0.15) is 5.10 Å². The molecule has 1 aromatic heterocycles. The maximum atomic E-state index is 6.23. The molecule has 2 N–H and O–H groups in total. The second-order valence-electron chi connectivity index (χ2n) is 7.75. The Labute approximate surface area is 165 Å². The molecule has 0 bridgehead atoms. The first-order valence-corrected chi connectivity index (χ1v) is 9.05. The van der Waals surface area contributed by atoms with Crippen molar-refractivity contribution >= 4 is 24.7 Å². The summed E-state index contributed by atoms with van der Waals surface area (Å²) >= 11 is 0. The molecule has 0 amide bonds. The van der Waals surface area contributed by atoms with Gasteiger partial charge in [-0.05, 0) is 46.1 Å². The minimum Gasteiger partial charge on any atom is -0.497 e. The molecule has 1 aliphatic rings. The Morgan fingerprint density at radius 1 is 1.14 bits per heavy atom. The van der Waals surface area contributed by atoms with Crippen molar-refractivity contribution < 1.29 is 18.8 Å². The number of hydrogen-bond donors (Lipinski definition) is 1. The highest BCUT2D eigenvalue weighted by Gasteiger charge is 2.52. The predicted octanol–water partition coefficient (Wildman–Crippen LogP) is 1.97. The highest BCUT2D eigenvalue weighted by molar-refractivity contribution is 6.63. The summed E-state index contributed by atoms with van der Waals surface area (Å²) in [6.45, 7) is 9.88. The quantitative estimate of drug-likeness (QED) is 0.624. The van der Waals surface area contributed by atoms with Crippen LogP contribution in [0.4, 0.5) is 5.95 Å². The standard InChI is InChI=1S/C19H27BN4O4/c1-12-11-24(17(21)23-12)22-10-14-15(8-13(25-6)9-16(14)26-7)20-27-18(2,3)19(4,5)28-20/h8-11H,1-7H3,(H2,21,23). The molecule has 2 heterocycles. The van der Waals surface area contributed by atoms with Gasteiger partial charge in [-0.1, -0.05) is 0 Å². The van der Waals surface area contributed by atoms with E-state index in [1.54, 1.807) is 32.7 Å². The third-order valence-corrected chi connectivity index (χ3v) is 5.26. The lowest BCUT2D eigenvalue weighted by atomic mass is 9.75. The Hall–Kier alpha value is -2.52. The molecule has 1 aliphatic heterocycles. The van der Waals surface area contributed by atoms with E-state index in [0.717, 1.165) is 11.2 Å². The maximum absolute atomic E-state index is 6.23. The third-order valence-electron chi connectivity index (χ3n) is 5.26. The van der Waals surface area contributed by atoms with Crippen LogP contribution < -0.4 is 20.7 Å². The molecule has 9 heteroatoms. The molecule has 3 rings (SSSR count). The maximum Gasteiger partial charge on any atom is 0.495 e. The van der Waals surface area contributed by atoms with E-state index in [0.29, 0.717) is 23.0 Å². The Bertz CT molecular complexity index is 892. The van der Waals surface area contributed by atoms with Gasteiger partial charge < -0.3 is 24.5 Å². The Balaban J connectivity index is 2.09. The molecule has 0 radical (unpaired) electrons. The SMILES string of the molecule is COc1cc(OC)c(C=Nn2cc(C)nc2N)c(B2OC(C)(C)C(C)(C)O2)c1. The summed E-state index contributed by atoms with van der Waals surface area (Å²) in [4.78, 5) is 4.16. The number of nitrogens with two attached hydrogens (primary N) is 1. The number of aromatic nitrogens is 2. The smallest absolute Gasteiger partial charge is 0.495 e. The van der Waals surface area contributed by atoms with Crippen molar-refractivity contribution in [1.82, 2.24) is 9.66 Å². The van der Waals surface area contributed by atoms with Crippen LogP contribution in [-0.4, -0.2) is 48.4 Å². The third kappa shape index (κ3) is 3.59. The van der Waals surface area contributed by atoms with Gasteiger partial charge in [-0.25, -0.2) is 9.66 Å². The fraction of sp³-hybridized carbons (Fsp3) is 0.474. The lowest BCUT2D eigenvalue weighted by molar-refractivity contribution is 0.00578. The highest BCUT2D eigenvalue weighted by Crippen LogP contribution is 2.37. The van der Waals surface area contributed by atoms with Crippen LogP contribution in [0.5, 0.6) is 11.5 Å². The molecule has 28 heavy (non-hydrogen) atoms. The van der Waals surface area contributed by atoms with Crippen LogP contribution in [0.1, 0.15) is 39.0 Å². The highest BCUT2D eigenvalue weighted by atomic mass is 16.7. The molecule has 150 valence electrons. The molecule has 0 atom stereocenters. The van der Waals surface area contributed by atoms with Crippen molar-refractivity contribution in [2.45, 2.75) is 45.8 Å². The Morgan fingerprint density at radius 2 is 1.79 bits per heavy atom. The van der Waals surface area contributed by atoms with Gasteiger partial charge in [0.05, 0.1) is 43.5 Å². The molecule has 1 fully saturated rings. The minimum atomic E-state index is -0.600. The van der Waals surface area contributed by atoms with Gasteiger partial charge in [0, 0.05) is 11.6 Å². The number of benzene rings is 1. The summed E-state index contributed by atoms with van der Waals surface area (Å²) in [6, 6.07) is 3.66. The zero-order chi connectivity index (χ0) is 20.7. The lowest BCUT2D eigenvalue weighted by Crippen LogP contribution is -2.41. The van der Waals surface area contributed by atoms with Gasteiger partial charge in [-0.3, -0.25) is 0 Å². The molecule has 1 aromatic carbocycles. The zero-order valence-corrected chi connectivity index (χ0v) is 17.4. The topological polar surface area (TPSA) is 93.1 Å². The molecule has 0 unspecified atom stereocenters. The molecular formula is C19H27BN4O4. The normalized spacial score (nSPS) is 18.0. The van der Waals surface area contributed by atoms with E-state index in [1.807, 2.05) is 40.7 Å². The molecule has 0 aliphatic carbocycles. The van der Waals surface area contributed by atoms with Crippen LogP contribution in [0.3, 0.4) is 0 Å². The second-order valence-corrected chi connectivity index (χ2v) is 7.75. The van der Waals surface area contributed by atoms with Gasteiger partial charge in [0.2, 0.25) is 5.95 Å². The summed E-state index contributed by atoms with van der Waals surface area (Å²) in [6.07, 6.45) is 3.41. The molecule has 2 aromatic rings. The van der Waals surface area contributed by atoms with Crippen molar-refractivity contribution in [2.24, 2.45) is 5.10 Å². The number of rotatable bonds is 5. The van der Waals surface area contributed by atoms with Crippen molar-refractivity contribution in [3.05, 3.63) is 29.6 Å². The first kappa shape index (κ1) is 20.2. The summed E-state index contributed by atoms with van der Waals surface area (Å²) in [5.41, 5.74) is 7.19. The van der Waals surface area contributed by atoms with Crippen molar-refractivity contribution in [3.8, 4) is 11.5 Å². The Kier molecular flexibility index (Phi) is 5.16. The van der Waals surface area contributed by atoms with E-state index in [2.05, 4.69) is 10.1 Å². The summed E-state index contributed by atoms with van der Waals surface area (Å²) in [5.74, 6) is 1.53. The van der Waals surface area contributed by atoms with Crippen LogP contribution in [0.25, 0.3) is 0 Å². The fourth-order valence-corrected chi connectivity index (χ4v) is 2.93.